The third kappa shape index (κ3) is 2.76. The lowest BCUT2D eigenvalue weighted by Gasteiger charge is -2.14. The van der Waals surface area contributed by atoms with E-state index in [4.69, 9.17) is 5.73 Å². The van der Waals surface area contributed by atoms with Gasteiger partial charge in [-0.25, -0.2) is 0 Å². The molecular weight excluding hydrogens is 237 g/mol. The minimum absolute atomic E-state index is 0. The number of fused-ring (bicyclic) bond motifs is 1. The van der Waals surface area contributed by atoms with Gasteiger partial charge in [-0.15, -0.1) is 12.4 Å². The van der Waals surface area contributed by atoms with Crippen molar-refractivity contribution in [3.63, 3.8) is 0 Å². The summed E-state index contributed by atoms with van der Waals surface area (Å²) < 4.78 is 12.3. The van der Waals surface area contributed by atoms with Crippen LogP contribution in [0, 0.1) is 6.92 Å². The summed E-state index contributed by atoms with van der Waals surface area (Å²) in [5.74, 6) is 0. The summed E-state index contributed by atoms with van der Waals surface area (Å²) in [4.78, 5) is 0. The molecule has 1 atom stereocenters. The Bertz CT molecular complexity index is 499. The number of aryl methyl sites for hydroxylation is 1. The zero-order chi connectivity index (χ0) is 11.5. The largest absolute Gasteiger partial charge is 0.324 e. The van der Waals surface area contributed by atoms with Crippen LogP contribution in [0.3, 0.4) is 0 Å². The monoisotopic (exact) mass is 253 g/mol. The summed E-state index contributed by atoms with van der Waals surface area (Å²) in [5.41, 5.74) is 8.25. The fourth-order valence-corrected chi connectivity index (χ4v) is 2.07. The average molecular weight is 254 g/mol. The molecule has 3 heteroatoms. The number of hydrogen-bond acceptors (Lipinski definition) is 1. The van der Waals surface area contributed by atoms with Crippen molar-refractivity contribution in [1.82, 2.24) is 0 Å². The van der Waals surface area contributed by atoms with Crippen LogP contribution in [0.2, 0.25) is 0 Å². The predicted molar refractivity (Wildman–Crippen MR) is 73.5 cm³/mol. The molecule has 2 rings (SSSR count). The van der Waals surface area contributed by atoms with Gasteiger partial charge in [0.25, 0.3) is 0 Å². The maximum absolute atomic E-state index is 12.3. The van der Waals surface area contributed by atoms with E-state index in [2.05, 4.69) is 25.1 Å². The highest BCUT2D eigenvalue weighted by atomic mass is 35.5. The van der Waals surface area contributed by atoms with Crippen LogP contribution in [0.1, 0.15) is 23.6 Å². The van der Waals surface area contributed by atoms with Crippen LogP contribution in [0.4, 0.5) is 4.39 Å². The zero-order valence-electron chi connectivity index (χ0n) is 9.82. The Balaban J connectivity index is 0.00000144. The summed E-state index contributed by atoms with van der Waals surface area (Å²) in [6.07, 6.45) is 0.382. The molecule has 0 unspecified atom stereocenters. The molecule has 0 fully saturated rings. The topological polar surface area (TPSA) is 26.0 Å². The molecule has 0 spiro atoms. The number of benzene rings is 2. The predicted octanol–water partition coefficient (Wildman–Crippen LogP) is 3.93. The van der Waals surface area contributed by atoms with E-state index < -0.39 is 0 Å². The highest BCUT2D eigenvalue weighted by Gasteiger charge is 2.10. The first-order chi connectivity index (χ1) is 7.74. The van der Waals surface area contributed by atoms with Crippen LogP contribution in [0.15, 0.2) is 36.4 Å². The molecule has 17 heavy (non-hydrogen) atoms. The molecule has 2 aromatic rings. The van der Waals surface area contributed by atoms with Crippen LogP contribution in [-0.4, -0.2) is 6.67 Å². The second-order valence-corrected chi connectivity index (χ2v) is 4.10. The standard InChI is InChI=1S/C14H16FN.ClH/c1-10-6-7-13(14(16)8-9-15)12-5-3-2-4-11(10)12;/h2-7,14H,8-9,16H2,1H3;1H/t14-;/m1./s1. The van der Waals surface area contributed by atoms with Gasteiger partial charge >= 0.3 is 0 Å². The molecule has 2 N–H and O–H groups in total. The molecule has 0 saturated carbocycles. The Hall–Kier alpha value is -1.12. The molecular formula is C14H17ClFN. The Labute approximate surface area is 107 Å². The summed E-state index contributed by atoms with van der Waals surface area (Å²) in [7, 11) is 0. The molecule has 0 heterocycles. The van der Waals surface area contributed by atoms with Crippen molar-refractivity contribution in [3.05, 3.63) is 47.5 Å². The average Bonchev–Trinajstić information content (AvgIpc) is 2.30. The van der Waals surface area contributed by atoms with Crippen LogP contribution in [0.25, 0.3) is 10.8 Å². The van der Waals surface area contributed by atoms with Crippen LogP contribution in [-0.2, 0) is 0 Å². The fourth-order valence-electron chi connectivity index (χ4n) is 2.07. The lowest BCUT2D eigenvalue weighted by molar-refractivity contribution is 0.443. The quantitative estimate of drug-likeness (QED) is 0.881. The molecule has 0 aliphatic carbocycles. The second-order valence-electron chi connectivity index (χ2n) is 4.10. The van der Waals surface area contributed by atoms with Crippen molar-refractivity contribution in [2.45, 2.75) is 19.4 Å². The number of rotatable bonds is 3. The summed E-state index contributed by atoms with van der Waals surface area (Å²) >= 11 is 0. The van der Waals surface area contributed by atoms with E-state index in [1.165, 1.54) is 10.9 Å². The Morgan fingerprint density at radius 3 is 2.41 bits per heavy atom. The summed E-state index contributed by atoms with van der Waals surface area (Å²) in [5, 5.41) is 2.35. The number of hydrogen-bond donors (Lipinski definition) is 1. The van der Waals surface area contributed by atoms with Gasteiger partial charge in [-0.1, -0.05) is 36.4 Å². The zero-order valence-corrected chi connectivity index (χ0v) is 10.6. The van der Waals surface area contributed by atoms with E-state index in [-0.39, 0.29) is 25.1 Å². The van der Waals surface area contributed by atoms with Crippen molar-refractivity contribution < 1.29 is 4.39 Å². The number of nitrogens with two attached hydrogens (primary N) is 1. The van der Waals surface area contributed by atoms with Crippen molar-refractivity contribution >= 4 is 23.2 Å². The second kappa shape index (κ2) is 5.99. The van der Waals surface area contributed by atoms with Gasteiger partial charge < -0.3 is 5.73 Å². The van der Waals surface area contributed by atoms with Gasteiger partial charge in [0.1, 0.15) is 0 Å². The lowest BCUT2D eigenvalue weighted by atomic mass is 9.95. The minimum atomic E-state index is -0.372. The van der Waals surface area contributed by atoms with Crippen LogP contribution < -0.4 is 5.73 Å². The van der Waals surface area contributed by atoms with Gasteiger partial charge in [0.2, 0.25) is 0 Å². The highest BCUT2D eigenvalue weighted by Crippen LogP contribution is 2.27. The van der Waals surface area contributed by atoms with Gasteiger partial charge in [0, 0.05) is 6.04 Å². The first-order valence-electron chi connectivity index (χ1n) is 5.54. The van der Waals surface area contributed by atoms with E-state index in [9.17, 15) is 4.39 Å². The van der Waals surface area contributed by atoms with Gasteiger partial charge in [0.15, 0.2) is 0 Å². The Kier molecular flexibility index (Phi) is 4.91. The third-order valence-electron chi connectivity index (χ3n) is 3.00. The van der Waals surface area contributed by atoms with Crippen molar-refractivity contribution in [2.75, 3.05) is 6.67 Å². The lowest BCUT2D eigenvalue weighted by Crippen LogP contribution is -2.11. The first-order valence-corrected chi connectivity index (χ1v) is 5.54. The molecule has 0 aliphatic rings. The van der Waals surface area contributed by atoms with Crippen molar-refractivity contribution in [1.29, 1.82) is 0 Å². The van der Waals surface area contributed by atoms with Gasteiger partial charge in [0.05, 0.1) is 6.67 Å². The highest BCUT2D eigenvalue weighted by molar-refractivity contribution is 5.88. The fraction of sp³-hybridized carbons (Fsp3) is 0.286. The van der Waals surface area contributed by atoms with E-state index in [0.29, 0.717) is 6.42 Å². The molecule has 2 aromatic carbocycles. The van der Waals surface area contributed by atoms with Crippen LogP contribution >= 0.6 is 12.4 Å². The Morgan fingerprint density at radius 1 is 1.12 bits per heavy atom. The van der Waals surface area contributed by atoms with E-state index in [1.54, 1.807) is 0 Å². The van der Waals surface area contributed by atoms with Gasteiger partial charge in [-0.3, -0.25) is 4.39 Å². The molecule has 1 nitrogen and oxygen atoms in total. The normalized spacial score (nSPS) is 12.2. The maximum atomic E-state index is 12.3. The van der Waals surface area contributed by atoms with Gasteiger partial charge in [-0.05, 0) is 35.2 Å². The molecule has 0 bridgehead atoms. The Morgan fingerprint density at radius 2 is 1.76 bits per heavy atom. The molecule has 0 radical (unpaired) electrons. The molecule has 92 valence electrons. The number of halogens is 2. The molecule has 0 saturated heterocycles. The van der Waals surface area contributed by atoms with E-state index in [0.717, 1.165) is 10.9 Å². The van der Waals surface area contributed by atoms with E-state index >= 15 is 0 Å². The summed E-state index contributed by atoms with van der Waals surface area (Å²) in [6, 6.07) is 12.0. The minimum Gasteiger partial charge on any atom is -0.324 e. The third-order valence-corrected chi connectivity index (χ3v) is 3.00. The van der Waals surface area contributed by atoms with Crippen molar-refractivity contribution in [2.24, 2.45) is 5.73 Å². The van der Waals surface area contributed by atoms with E-state index in [1.807, 2.05) is 18.2 Å². The molecule has 0 amide bonds. The van der Waals surface area contributed by atoms with Gasteiger partial charge in [-0.2, -0.15) is 0 Å². The van der Waals surface area contributed by atoms with Crippen molar-refractivity contribution in [3.8, 4) is 0 Å². The number of alkyl halides is 1. The smallest absolute Gasteiger partial charge is 0.0912 e. The summed E-state index contributed by atoms with van der Waals surface area (Å²) in [6.45, 7) is 1.70. The molecule has 0 aliphatic heterocycles. The first kappa shape index (κ1) is 13.9. The van der Waals surface area contributed by atoms with Crippen LogP contribution in [0.5, 0.6) is 0 Å². The molecule has 0 aromatic heterocycles. The maximum Gasteiger partial charge on any atom is 0.0912 e. The SMILES string of the molecule is Cc1ccc([C@H](N)CCF)c2ccccc12.Cl.